The zero-order valence-electron chi connectivity index (χ0n) is 8.54. The van der Waals surface area contributed by atoms with E-state index in [4.69, 9.17) is 0 Å². The van der Waals surface area contributed by atoms with Gasteiger partial charge in [-0.3, -0.25) is 9.59 Å². The Labute approximate surface area is 109 Å². The van der Waals surface area contributed by atoms with E-state index in [1.807, 2.05) is 6.92 Å². The summed E-state index contributed by atoms with van der Waals surface area (Å²) in [6.07, 6.45) is 2.72. The van der Waals surface area contributed by atoms with Gasteiger partial charge in [0.2, 0.25) is 5.78 Å². The third-order valence-electron chi connectivity index (χ3n) is 1.47. The summed E-state index contributed by atoms with van der Waals surface area (Å²) in [7, 11) is 0. The molecule has 14 heavy (non-hydrogen) atoms. The van der Waals surface area contributed by atoms with Crippen LogP contribution in [0.2, 0.25) is 0 Å². The maximum absolute atomic E-state index is 10.9. The number of rotatable bonds is 5. The van der Waals surface area contributed by atoms with Crippen molar-refractivity contribution in [2.45, 2.75) is 39.5 Å². The van der Waals surface area contributed by atoms with Gasteiger partial charge in [0, 0.05) is 46.1 Å². The number of ketones is 1. The molecule has 0 spiro atoms. The number of carbonyl (C=O) groups is 3. The number of Topliss-reactive ketones (excluding diaryl/α,β-unsaturated/α-hetero) is 1. The maximum atomic E-state index is 10.9. The van der Waals surface area contributed by atoms with Crippen molar-refractivity contribution in [3.63, 3.8) is 0 Å². The van der Waals surface area contributed by atoms with Gasteiger partial charge in [-0.1, -0.05) is 19.8 Å². The topological polar surface area (TPSA) is 60.4 Å². The summed E-state index contributed by atoms with van der Waals surface area (Å²) in [5, 5.41) is 0. The predicted octanol–water partition coefficient (Wildman–Crippen LogP) is 1.22. The molecule has 0 amide bonds. The van der Waals surface area contributed by atoms with Crippen molar-refractivity contribution in [3.05, 3.63) is 0 Å². The molecular formula is C9H14O4Y. The van der Waals surface area contributed by atoms with E-state index >= 15 is 0 Å². The van der Waals surface area contributed by atoms with E-state index in [9.17, 15) is 14.4 Å². The van der Waals surface area contributed by atoms with E-state index in [-0.39, 0.29) is 39.1 Å². The van der Waals surface area contributed by atoms with Crippen LogP contribution < -0.4 is 0 Å². The van der Waals surface area contributed by atoms with Crippen LogP contribution in [0.3, 0.4) is 0 Å². The van der Waals surface area contributed by atoms with Crippen LogP contribution in [0.25, 0.3) is 0 Å². The molecule has 0 aromatic rings. The Morgan fingerprint density at radius 2 is 1.71 bits per heavy atom. The fourth-order valence-corrected chi connectivity index (χ4v) is 0.825. The fourth-order valence-electron chi connectivity index (χ4n) is 0.825. The van der Waals surface area contributed by atoms with Gasteiger partial charge in [-0.2, -0.15) is 0 Å². The molecule has 77 valence electrons. The molecule has 0 saturated carbocycles. The van der Waals surface area contributed by atoms with E-state index in [0.29, 0.717) is 6.42 Å². The molecule has 0 fully saturated rings. The van der Waals surface area contributed by atoms with Crippen LogP contribution in [0.15, 0.2) is 0 Å². The molecule has 0 heterocycles. The number of hydrogen-bond donors (Lipinski definition) is 0. The third kappa shape index (κ3) is 8.51. The Kier molecular flexibility index (Phi) is 11.1. The molecule has 0 atom stereocenters. The summed E-state index contributed by atoms with van der Waals surface area (Å²) in [5.74, 6) is -2.40. The van der Waals surface area contributed by atoms with Gasteiger partial charge in [0.25, 0.3) is 0 Å². The quantitative estimate of drug-likeness (QED) is 0.327. The molecule has 0 aliphatic rings. The van der Waals surface area contributed by atoms with Crippen LogP contribution in [0.5, 0.6) is 0 Å². The van der Waals surface area contributed by atoms with Crippen LogP contribution in [-0.2, 0) is 51.8 Å². The number of hydrogen-bond acceptors (Lipinski definition) is 4. The zero-order valence-corrected chi connectivity index (χ0v) is 11.4. The van der Waals surface area contributed by atoms with Gasteiger partial charge in [0.05, 0.1) is 0 Å². The summed E-state index contributed by atoms with van der Waals surface area (Å²) in [4.78, 5) is 32.0. The number of carbonyl (C=O) groups excluding carboxylic acids is 3. The first-order valence-corrected chi connectivity index (χ1v) is 4.33. The minimum absolute atomic E-state index is 0. The Balaban J connectivity index is 0. The largest absolute Gasteiger partial charge is 0.387 e. The van der Waals surface area contributed by atoms with Gasteiger partial charge >= 0.3 is 11.9 Å². The van der Waals surface area contributed by atoms with Gasteiger partial charge in [0.1, 0.15) is 0 Å². The smallest absolute Gasteiger partial charge is 0.382 e. The van der Waals surface area contributed by atoms with Crippen molar-refractivity contribution in [1.82, 2.24) is 0 Å². The summed E-state index contributed by atoms with van der Waals surface area (Å²) in [5.41, 5.74) is 0. The second-order valence-electron chi connectivity index (χ2n) is 2.76. The molecule has 0 N–H and O–H groups in total. The standard InChI is InChI=1S/C9H14O4.Y/c1-3-4-5-6-8(11)9(12)13-7(2)10;/h3-6H2,1-2H3;. The van der Waals surface area contributed by atoms with Crippen molar-refractivity contribution < 1.29 is 51.8 Å². The van der Waals surface area contributed by atoms with Crippen molar-refractivity contribution in [3.8, 4) is 0 Å². The van der Waals surface area contributed by atoms with E-state index in [2.05, 4.69) is 4.74 Å². The molecule has 0 unspecified atom stereocenters. The normalized spacial score (nSPS) is 8.71. The summed E-state index contributed by atoms with van der Waals surface area (Å²) >= 11 is 0. The molecular weight excluding hydrogens is 261 g/mol. The summed E-state index contributed by atoms with van der Waals surface area (Å²) < 4.78 is 4.12. The van der Waals surface area contributed by atoms with Crippen molar-refractivity contribution in [2.75, 3.05) is 0 Å². The van der Waals surface area contributed by atoms with E-state index in [1.54, 1.807) is 0 Å². The molecule has 0 bridgehead atoms. The zero-order chi connectivity index (χ0) is 10.3. The van der Waals surface area contributed by atoms with Crippen molar-refractivity contribution in [2.24, 2.45) is 0 Å². The molecule has 0 aromatic heterocycles. The molecule has 5 heteroatoms. The number of esters is 2. The average molecular weight is 275 g/mol. The van der Waals surface area contributed by atoms with Gasteiger partial charge in [0.15, 0.2) is 0 Å². The van der Waals surface area contributed by atoms with E-state index in [0.717, 1.165) is 19.8 Å². The molecule has 0 saturated heterocycles. The number of ether oxygens (including phenoxy) is 1. The van der Waals surface area contributed by atoms with E-state index in [1.165, 1.54) is 0 Å². The molecule has 1 radical (unpaired) electrons. The second kappa shape index (κ2) is 9.47. The van der Waals surface area contributed by atoms with Crippen LogP contribution >= 0.6 is 0 Å². The molecule has 0 aromatic carbocycles. The minimum atomic E-state index is -1.04. The maximum Gasteiger partial charge on any atom is 0.382 e. The number of unbranched alkanes of at least 4 members (excludes halogenated alkanes) is 2. The van der Waals surface area contributed by atoms with Gasteiger partial charge < -0.3 is 4.74 Å². The van der Waals surface area contributed by atoms with Crippen LogP contribution in [0.1, 0.15) is 39.5 Å². The van der Waals surface area contributed by atoms with Crippen LogP contribution in [0.4, 0.5) is 0 Å². The van der Waals surface area contributed by atoms with Crippen LogP contribution in [0, 0.1) is 0 Å². The summed E-state index contributed by atoms with van der Waals surface area (Å²) in [6.45, 7) is 3.09. The molecule has 4 nitrogen and oxygen atoms in total. The Bertz CT molecular complexity index is 213. The van der Waals surface area contributed by atoms with Crippen molar-refractivity contribution >= 4 is 17.7 Å². The monoisotopic (exact) mass is 275 g/mol. The molecule has 0 rings (SSSR count). The van der Waals surface area contributed by atoms with Crippen molar-refractivity contribution in [1.29, 1.82) is 0 Å². The Morgan fingerprint density at radius 1 is 1.14 bits per heavy atom. The molecule has 0 aliphatic carbocycles. The first-order chi connectivity index (χ1) is 6.07. The fraction of sp³-hybridized carbons (Fsp3) is 0.667. The first kappa shape index (κ1) is 16.3. The first-order valence-electron chi connectivity index (χ1n) is 4.33. The SMILES string of the molecule is CCCCCC(=O)C(=O)OC(C)=O.[Y]. The average Bonchev–Trinajstić information content (AvgIpc) is 2.03. The Hall–Kier alpha value is -0.0861. The Morgan fingerprint density at radius 3 is 2.14 bits per heavy atom. The second-order valence-corrected chi connectivity index (χ2v) is 2.76. The van der Waals surface area contributed by atoms with E-state index < -0.39 is 17.7 Å². The summed E-state index contributed by atoms with van der Waals surface area (Å²) in [6, 6.07) is 0. The van der Waals surface area contributed by atoms with Gasteiger partial charge in [-0.15, -0.1) is 0 Å². The van der Waals surface area contributed by atoms with Gasteiger partial charge in [-0.05, 0) is 6.42 Å². The third-order valence-corrected chi connectivity index (χ3v) is 1.47. The van der Waals surface area contributed by atoms with Gasteiger partial charge in [-0.25, -0.2) is 4.79 Å². The predicted molar refractivity (Wildman–Crippen MR) is 45.9 cm³/mol. The molecule has 0 aliphatic heterocycles. The van der Waals surface area contributed by atoms with Crippen LogP contribution in [-0.4, -0.2) is 17.7 Å². The minimum Gasteiger partial charge on any atom is -0.387 e.